The number of hydrogen-bond donors (Lipinski definition) is 2. The van der Waals surface area contributed by atoms with Crippen LogP contribution in [0, 0.1) is 5.92 Å². The molecule has 2 N–H and O–H groups in total. The van der Waals surface area contributed by atoms with Crippen LogP contribution >= 0.6 is 0 Å². The molecule has 33 heavy (non-hydrogen) atoms. The Morgan fingerprint density at radius 1 is 1.09 bits per heavy atom. The number of piperidine rings is 1. The van der Waals surface area contributed by atoms with E-state index in [-0.39, 0.29) is 24.1 Å². The van der Waals surface area contributed by atoms with Gasteiger partial charge in [-0.2, -0.15) is 0 Å². The van der Waals surface area contributed by atoms with Crippen molar-refractivity contribution in [3.8, 4) is 5.75 Å². The van der Waals surface area contributed by atoms with Crippen molar-refractivity contribution in [2.45, 2.75) is 62.0 Å². The lowest BCUT2D eigenvalue weighted by Crippen LogP contribution is -2.71. The Balaban J connectivity index is 1.34. The summed E-state index contributed by atoms with van der Waals surface area (Å²) >= 11 is 0. The summed E-state index contributed by atoms with van der Waals surface area (Å²) in [7, 11) is 0. The smallest absolute Gasteiger partial charge is 0.230 e. The molecule has 3 heterocycles. The number of amides is 1. The molecule has 7 nitrogen and oxygen atoms in total. The lowest BCUT2D eigenvalue weighted by atomic mass is 9.52. The second-order valence-electron chi connectivity index (χ2n) is 10.5. The third-order valence-electron chi connectivity index (χ3n) is 8.71. The Morgan fingerprint density at radius 3 is 2.64 bits per heavy atom. The summed E-state index contributed by atoms with van der Waals surface area (Å²) in [5.41, 5.74) is 0.968. The van der Waals surface area contributed by atoms with E-state index >= 15 is 0 Å². The number of rotatable bonds is 4. The fraction of sp³-hybridized carbons (Fsp3) is 0.577. The minimum atomic E-state index is -0.917. The third kappa shape index (κ3) is 3.44. The number of carbonyl (C=O) groups is 1. The Hall–Kier alpha value is -2.51. The van der Waals surface area contributed by atoms with Gasteiger partial charge in [0.2, 0.25) is 5.91 Å². The van der Waals surface area contributed by atoms with Crippen molar-refractivity contribution in [2.75, 3.05) is 26.2 Å². The summed E-state index contributed by atoms with van der Waals surface area (Å²) in [5.74, 6) is 1.56. The number of likely N-dealkylation sites (tertiary alicyclic amines) is 2. The van der Waals surface area contributed by atoms with E-state index < -0.39 is 11.0 Å². The minimum absolute atomic E-state index is 0.0142. The van der Waals surface area contributed by atoms with E-state index in [0.29, 0.717) is 31.8 Å². The van der Waals surface area contributed by atoms with E-state index in [2.05, 4.69) is 14.9 Å². The molecule has 3 fully saturated rings. The molecule has 1 saturated carbocycles. The van der Waals surface area contributed by atoms with E-state index in [1.54, 1.807) is 24.5 Å². The Bertz CT molecular complexity index is 1060. The highest BCUT2D eigenvalue weighted by atomic mass is 16.3. The summed E-state index contributed by atoms with van der Waals surface area (Å²) in [4.78, 5) is 26.0. The van der Waals surface area contributed by atoms with E-state index in [4.69, 9.17) is 0 Å². The van der Waals surface area contributed by atoms with E-state index in [0.717, 1.165) is 37.4 Å². The van der Waals surface area contributed by atoms with Gasteiger partial charge < -0.3 is 15.1 Å². The van der Waals surface area contributed by atoms with Crippen molar-refractivity contribution < 1.29 is 15.0 Å². The number of aromatic hydroxyl groups is 1. The van der Waals surface area contributed by atoms with Crippen LogP contribution in [0.3, 0.4) is 0 Å². The van der Waals surface area contributed by atoms with Crippen molar-refractivity contribution in [2.24, 2.45) is 5.92 Å². The van der Waals surface area contributed by atoms with Gasteiger partial charge in [-0.3, -0.25) is 9.69 Å². The van der Waals surface area contributed by atoms with Gasteiger partial charge in [0.1, 0.15) is 11.6 Å². The quantitative estimate of drug-likeness (QED) is 0.744. The molecule has 2 aliphatic carbocycles. The number of aromatic nitrogens is 2. The van der Waals surface area contributed by atoms with Gasteiger partial charge in [0, 0.05) is 43.5 Å². The molecule has 1 amide bonds. The summed E-state index contributed by atoms with van der Waals surface area (Å²) in [6.45, 7) is 3.15. The first kappa shape index (κ1) is 21.1. The summed E-state index contributed by atoms with van der Waals surface area (Å²) < 4.78 is 0. The van der Waals surface area contributed by atoms with Crippen molar-refractivity contribution in [3.63, 3.8) is 0 Å². The molecule has 7 heteroatoms. The molecule has 174 valence electrons. The molecule has 2 aliphatic heterocycles. The molecule has 2 bridgehead atoms. The fourth-order valence-corrected chi connectivity index (χ4v) is 6.78. The zero-order chi connectivity index (χ0) is 22.6. The van der Waals surface area contributed by atoms with Crippen LogP contribution in [0.25, 0.3) is 0 Å². The topological polar surface area (TPSA) is 89.8 Å². The highest BCUT2D eigenvalue weighted by Gasteiger charge is 2.63. The van der Waals surface area contributed by atoms with Crippen molar-refractivity contribution in [1.82, 2.24) is 19.8 Å². The molecule has 2 saturated heterocycles. The largest absolute Gasteiger partial charge is 0.508 e. The summed E-state index contributed by atoms with van der Waals surface area (Å²) in [6, 6.07) is 7.49. The predicted molar refractivity (Wildman–Crippen MR) is 123 cm³/mol. The van der Waals surface area contributed by atoms with Crippen LogP contribution in [0.2, 0.25) is 0 Å². The number of phenols is 1. The van der Waals surface area contributed by atoms with Crippen molar-refractivity contribution in [1.29, 1.82) is 0 Å². The number of phenolic OH excluding ortho intramolecular Hbond substituents is 1. The second kappa shape index (κ2) is 7.77. The first-order valence-corrected chi connectivity index (χ1v) is 12.3. The summed E-state index contributed by atoms with van der Waals surface area (Å²) in [6.07, 6.45) is 9.00. The molecule has 4 aliphatic rings. The van der Waals surface area contributed by atoms with E-state index in [1.807, 2.05) is 17.0 Å². The average molecular weight is 449 g/mol. The van der Waals surface area contributed by atoms with Gasteiger partial charge >= 0.3 is 0 Å². The van der Waals surface area contributed by atoms with Crippen LogP contribution in [0.15, 0.2) is 36.7 Å². The lowest BCUT2D eigenvalue weighted by molar-refractivity contribution is -0.149. The van der Waals surface area contributed by atoms with E-state index in [1.165, 1.54) is 18.4 Å². The fourth-order valence-electron chi connectivity index (χ4n) is 6.78. The van der Waals surface area contributed by atoms with Crippen molar-refractivity contribution in [3.05, 3.63) is 53.6 Å². The van der Waals surface area contributed by atoms with E-state index in [9.17, 15) is 15.0 Å². The summed E-state index contributed by atoms with van der Waals surface area (Å²) in [5, 5.41) is 22.8. The first-order valence-electron chi connectivity index (χ1n) is 12.3. The van der Waals surface area contributed by atoms with Gasteiger partial charge in [-0.1, -0.05) is 6.07 Å². The van der Waals surface area contributed by atoms with Gasteiger partial charge in [-0.15, -0.1) is 0 Å². The molecule has 6 rings (SSSR count). The molecule has 0 radical (unpaired) electrons. The molecule has 2 aromatic rings. The maximum absolute atomic E-state index is 13.2. The second-order valence-corrected chi connectivity index (χ2v) is 10.5. The standard InChI is InChI=1S/C26H32N4O3/c31-20-5-4-19-14-22-26(33)8-13-29(24(32)16-23-27-9-1-10-28-23)11-6-25(26,21(19)15-20)7-12-30(22)17-18-2-3-18/h1,4-5,9-10,15,18,22,31,33H,2-3,6-8,11-14,16-17H2. The van der Waals surface area contributed by atoms with Crippen LogP contribution in [-0.4, -0.2) is 73.7 Å². The molecule has 3 unspecified atom stereocenters. The molecular weight excluding hydrogens is 416 g/mol. The zero-order valence-corrected chi connectivity index (χ0v) is 19.0. The third-order valence-corrected chi connectivity index (χ3v) is 8.71. The van der Waals surface area contributed by atoms with Crippen LogP contribution in [0.5, 0.6) is 5.75 Å². The highest BCUT2D eigenvalue weighted by Crippen LogP contribution is 2.56. The number of hydrogen-bond acceptors (Lipinski definition) is 6. The molecule has 1 aromatic heterocycles. The molecule has 0 spiro atoms. The maximum atomic E-state index is 13.2. The Labute approximate surface area is 194 Å². The van der Waals surface area contributed by atoms with Crippen LogP contribution in [-0.2, 0) is 23.1 Å². The minimum Gasteiger partial charge on any atom is -0.508 e. The number of aliphatic hydroxyl groups is 1. The average Bonchev–Trinajstić information content (AvgIpc) is 3.63. The predicted octanol–water partition coefficient (Wildman–Crippen LogP) is 2.06. The number of nitrogens with zero attached hydrogens (tertiary/aromatic N) is 4. The SMILES string of the molecule is O=C(Cc1ncccn1)N1CCC23CCN(CC4CC4)C(Cc4ccc(O)cc42)C3(O)CC1. The first-order chi connectivity index (χ1) is 16.0. The highest BCUT2D eigenvalue weighted by molar-refractivity contribution is 5.78. The van der Waals surface area contributed by atoms with Gasteiger partial charge in [0.15, 0.2) is 0 Å². The van der Waals surface area contributed by atoms with Crippen LogP contribution in [0.1, 0.15) is 49.1 Å². The van der Waals surface area contributed by atoms with Crippen LogP contribution in [0.4, 0.5) is 0 Å². The molecule has 1 aromatic carbocycles. The normalized spacial score (nSPS) is 31.4. The number of fused-ring (bicyclic) bond motifs is 1. The van der Waals surface area contributed by atoms with Crippen molar-refractivity contribution >= 4 is 5.91 Å². The number of carbonyl (C=O) groups excluding carboxylic acids is 1. The molecular formula is C26H32N4O3. The zero-order valence-electron chi connectivity index (χ0n) is 19.0. The Kier molecular flexibility index (Phi) is 4.96. The number of benzene rings is 1. The van der Waals surface area contributed by atoms with Gasteiger partial charge in [-0.05, 0) is 80.3 Å². The Morgan fingerprint density at radius 2 is 1.85 bits per heavy atom. The van der Waals surface area contributed by atoms with Gasteiger partial charge in [0.05, 0.1) is 12.0 Å². The molecule has 3 atom stereocenters. The van der Waals surface area contributed by atoms with Gasteiger partial charge in [0.25, 0.3) is 0 Å². The monoisotopic (exact) mass is 448 g/mol. The lowest BCUT2D eigenvalue weighted by Gasteiger charge is -2.61. The van der Waals surface area contributed by atoms with Crippen LogP contribution < -0.4 is 0 Å². The van der Waals surface area contributed by atoms with Gasteiger partial charge in [-0.25, -0.2) is 9.97 Å². The maximum Gasteiger partial charge on any atom is 0.230 e.